The van der Waals surface area contributed by atoms with Crippen LogP contribution in [0, 0.1) is 0 Å². The number of hydrogen-bond acceptors (Lipinski definition) is 4. The highest BCUT2D eigenvalue weighted by atomic mass is 16.2. The number of carbonyl (C=O) groups excluding carboxylic acids is 1. The first-order valence-corrected chi connectivity index (χ1v) is 6.97. The Labute approximate surface area is 127 Å². The lowest BCUT2D eigenvalue weighted by Gasteiger charge is -2.03. The fourth-order valence-electron chi connectivity index (χ4n) is 2.09. The topological polar surface area (TPSA) is 77.6 Å². The highest BCUT2D eigenvalue weighted by Crippen LogP contribution is 2.04. The van der Waals surface area contributed by atoms with Crippen molar-refractivity contribution in [2.75, 3.05) is 6.54 Å². The number of hydrogen-bond donors (Lipinski definition) is 1. The molecule has 2 heterocycles. The van der Waals surface area contributed by atoms with E-state index in [2.05, 4.69) is 20.6 Å². The average Bonchev–Trinajstić information content (AvgIpc) is 3.17. The highest BCUT2D eigenvalue weighted by Gasteiger charge is 2.09. The predicted molar refractivity (Wildman–Crippen MR) is 80.6 cm³/mol. The van der Waals surface area contributed by atoms with Gasteiger partial charge < -0.3 is 5.32 Å². The molecule has 1 N–H and O–H groups in total. The zero-order chi connectivity index (χ0) is 15.4. The predicted octanol–water partition coefficient (Wildman–Crippen LogP) is 0.973. The summed E-state index contributed by atoms with van der Waals surface area (Å²) in [6.07, 6.45) is 3.93. The summed E-state index contributed by atoms with van der Waals surface area (Å²) in [5.41, 5.74) is 2.27. The van der Waals surface area contributed by atoms with Crippen LogP contribution in [0.25, 0.3) is 5.69 Å². The molecule has 1 amide bonds. The minimum Gasteiger partial charge on any atom is -0.350 e. The van der Waals surface area contributed by atoms with Crippen LogP contribution in [0.1, 0.15) is 16.2 Å². The number of aryl methyl sites for hydroxylation is 1. The quantitative estimate of drug-likeness (QED) is 0.761. The van der Waals surface area contributed by atoms with Gasteiger partial charge in [-0.25, -0.2) is 0 Å². The highest BCUT2D eigenvalue weighted by molar-refractivity contribution is 5.92. The molecule has 3 aromatic rings. The van der Waals surface area contributed by atoms with Gasteiger partial charge in [-0.2, -0.15) is 20.1 Å². The van der Waals surface area contributed by atoms with Crippen LogP contribution in [0.2, 0.25) is 0 Å². The molecule has 2 aromatic heterocycles. The molecule has 0 fully saturated rings. The van der Waals surface area contributed by atoms with Crippen molar-refractivity contribution in [2.24, 2.45) is 7.05 Å². The summed E-state index contributed by atoms with van der Waals surface area (Å²) >= 11 is 0. The smallest absolute Gasteiger partial charge is 0.269 e. The summed E-state index contributed by atoms with van der Waals surface area (Å²) in [6, 6.07) is 11.4. The lowest BCUT2D eigenvalue weighted by atomic mass is 10.3. The van der Waals surface area contributed by atoms with E-state index in [1.807, 2.05) is 30.3 Å². The van der Waals surface area contributed by atoms with Gasteiger partial charge in [0.15, 0.2) is 0 Å². The maximum Gasteiger partial charge on any atom is 0.269 e. The summed E-state index contributed by atoms with van der Waals surface area (Å²) in [6.45, 7) is 0.498. The van der Waals surface area contributed by atoms with Gasteiger partial charge in [0.2, 0.25) is 0 Å². The van der Waals surface area contributed by atoms with Gasteiger partial charge in [0.05, 0.1) is 17.6 Å². The van der Waals surface area contributed by atoms with Crippen molar-refractivity contribution in [3.8, 4) is 5.69 Å². The van der Waals surface area contributed by atoms with Gasteiger partial charge in [0.25, 0.3) is 5.91 Å². The Morgan fingerprint density at radius 1 is 1.18 bits per heavy atom. The first kappa shape index (κ1) is 14.0. The third kappa shape index (κ3) is 3.03. The second kappa shape index (κ2) is 6.21. The van der Waals surface area contributed by atoms with Crippen molar-refractivity contribution in [1.29, 1.82) is 0 Å². The molecule has 0 saturated carbocycles. The molecule has 0 radical (unpaired) electrons. The van der Waals surface area contributed by atoms with E-state index >= 15 is 0 Å². The zero-order valence-corrected chi connectivity index (χ0v) is 12.2. The second-order valence-corrected chi connectivity index (χ2v) is 4.81. The Morgan fingerprint density at radius 2 is 2.00 bits per heavy atom. The molecule has 0 aliphatic heterocycles. The van der Waals surface area contributed by atoms with E-state index in [9.17, 15) is 4.79 Å². The van der Waals surface area contributed by atoms with Gasteiger partial charge in [0, 0.05) is 26.2 Å². The maximum atomic E-state index is 11.9. The summed E-state index contributed by atoms with van der Waals surface area (Å²) in [5, 5.41) is 15.4. The van der Waals surface area contributed by atoms with E-state index in [0.717, 1.165) is 11.4 Å². The summed E-state index contributed by atoms with van der Waals surface area (Å²) in [5.74, 6) is -0.143. The van der Waals surface area contributed by atoms with Crippen LogP contribution in [-0.4, -0.2) is 37.2 Å². The van der Waals surface area contributed by atoms with Crippen LogP contribution in [0.3, 0.4) is 0 Å². The molecule has 0 spiro atoms. The monoisotopic (exact) mass is 296 g/mol. The van der Waals surface area contributed by atoms with E-state index in [1.54, 1.807) is 35.0 Å². The number of carbonyl (C=O) groups is 1. The normalized spacial score (nSPS) is 10.6. The van der Waals surface area contributed by atoms with Crippen molar-refractivity contribution in [3.05, 3.63) is 60.2 Å². The van der Waals surface area contributed by atoms with Crippen LogP contribution in [0.15, 0.2) is 48.8 Å². The molecule has 0 saturated heterocycles. The second-order valence-electron chi connectivity index (χ2n) is 4.81. The summed E-state index contributed by atoms with van der Waals surface area (Å²) in [7, 11) is 1.74. The Kier molecular flexibility index (Phi) is 3.95. The van der Waals surface area contributed by atoms with Crippen molar-refractivity contribution in [2.45, 2.75) is 6.42 Å². The van der Waals surface area contributed by atoms with E-state index < -0.39 is 0 Å². The Morgan fingerprint density at radius 3 is 2.73 bits per heavy atom. The Hall–Kier alpha value is -2.96. The number of para-hydroxylation sites is 1. The number of aromatic nitrogens is 5. The molecule has 0 atom stereocenters. The summed E-state index contributed by atoms with van der Waals surface area (Å²) < 4.78 is 1.54. The lowest BCUT2D eigenvalue weighted by molar-refractivity contribution is 0.0944. The van der Waals surface area contributed by atoms with Crippen molar-refractivity contribution in [3.63, 3.8) is 0 Å². The van der Waals surface area contributed by atoms with E-state index in [-0.39, 0.29) is 5.91 Å². The number of nitrogens with one attached hydrogen (secondary N) is 1. The molecule has 0 bridgehead atoms. The lowest BCUT2D eigenvalue weighted by Crippen LogP contribution is -2.27. The van der Waals surface area contributed by atoms with Gasteiger partial charge >= 0.3 is 0 Å². The molecule has 1 aromatic carbocycles. The number of nitrogens with zero attached hydrogens (tertiary/aromatic N) is 5. The number of benzene rings is 1. The average molecular weight is 296 g/mol. The van der Waals surface area contributed by atoms with E-state index in [4.69, 9.17) is 0 Å². The minimum absolute atomic E-state index is 0.143. The van der Waals surface area contributed by atoms with Gasteiger partial charge in [-0.3, -0.25) is 9.48 Å². The van der Waals surface area contributed by atoms with Crippen LogP contribution in [0.4, 0.5) is 0 Å². The first-order chi connectivity index (χ1) is 10.7. The zero-order valence-electron chi connectivity index (χ0n) is 12.2. The van der Waals surface area contributed by atoms with Crippen molar-refractivity contribution < 1.29 is 4.79 Å². The largest absolute Gasteiger partial charge is 0.350 e. The molecular formula is C15H16N6O. The van der Waals surface area contributed by atoms with Crippen molar-refractivity contribution in [1.82, 2.24) is 30.1 Å². The molecule has 7 heteroatoms. The third-order valence-corrected chi connectivity index (χ3v) is 3.25. The molecule has 3 rings (SSSR count). The fourth-order valence-corrected chi connectivity index (χ4v) is 2.09. The van der Waals surface area contributed by atoms with E-state index in [1.165, 1.54) is 0 Å². The summed E-state index contributed by atoms with van der Waals surface area (Å²) in [4.78, 5) is 13.5. The third-order valence-electron chi connectivity index (χ3n) is 3.25. The Balaban J connectivity index is 1.56. The standard InChI is InChI=1S/C15H16N6O/c1-20-14(8-10-17-20)15(22)16-9-7-12-11-18-21(19-12)13-5-3-2-4-6-13/h2-6,8,10-11H,7,9H2,1H3,(H,16,22). The van der Waals surface area contributed by atoms with Gasteiger partial charge in [-0.15, -0.1) is 0 Å². The van der Waals surface area contributed by atoms with Crippen LogP contribution < -0.4 is 5.32 Å². The molecule has 0 aliphatic carbocycles. The van der Waals surface area contributed by atoms with Crippen LogP contribution >= 0.6 is 0 Å². The molecule has 112 valence electrons. The minimum atomic E-state index is -0.143. The molecular weight excluding hydrogens is 280 g/mol. The molecule has 0 unspecified atom stereocenters. The molecule has 7 nitrogen and oxygen atoms in total. The maximum absolute atomic E-state index is 11.9. The van der Waals surface area contributed by atoms with Gasteiger partial charge in [-0.05, 0) is 18.2 Å². The van der Waals surface area contributed by atoms with Gasteiger partial charge in [-0.1, -0.05) is 18.2 Å². The van der Waals surface area contributed by atoms with Crippen molar-refractivity contribution >= 4 is 5.91 Å². The van der Waals surface area contributed by atoms with Crippen LogP contribution in [0.5, 0.6) is 0 Å². The number of rotatable bonds is 5. The van der Waals surface area contributed by atoms with Gasteiger partial charge in [0.1, 0.15) is 5.69 Å². The van der Waals surface area contributed by atoms with Crippen LogP contribution in [-0.2, 0) is 13.5 Å². The number of amides is 1. The first-order valence-electron chi connectivity index (χ1n) is 6.97. The SMILES string of the molecule is Cn1nccc1C(=O)NCCc1cnn(-c2ccccc2)n1. The molecule has 0 aliphatic rings. The fraction of sp³-hybridized carbons (Fsp3) is 0.200. The Bertz CT molecular complexity index is 761. The molecule has 22 heavy (non-hydrogen) atoms. The van der Waals surface area contributed by atoms with E-state index in [0.29, 0.717) is 18.7 Å².